The number of rotatable bonds is 6. The number of aromatic nitrogens is 2. The molecule has 1 amide bonds. The lowest BCUT2D eigenvalue weighted by Crippen LogP contribution is -2.15. The van der Waals surface area contributed by atoms with E-state index in [4.69, 9.17) is 0 Å². The molecule has 1 heterocycles. The van der Waals surface area contributed by atoms with Crippen molar-refractivity contribution in [2.75, 3.05) is 22.9 Å². The van der Waals surface area contributed by atoms with Crippen molar-refractivity contribution in [1.29, 1.82) is 0 Å². The van der Waals surface area contributed by atoms with Gasteiger partial charge in [0.2, 0.25) is 5.91 Å². The predicted molar refractivity (Wildman–Crippen MR) is 109 cm³/mol. The standard InChI is InChI=1S/C20H22N4OS/c1-4-21-19-15-7-5-6-8-17(15)23-20(24-19)26-12-18(25)22-16-10-9-13(2)11-14(16)3/h5-11H,4,12H2,1-3H3,(H,22,25)(H,21,23,24). The van der Waals surface area contributed by atoms with Crippen LogP contribution < -0.4 is 10.6 Å². The van der Waals surface area contributed by atoms with Crippen LogP contribution in [0, 0.1) is 13.8 Å². The number of nitrogens with one attached hydrogen (secondary N) is 2. The zero-order valence-corrected chi connectivity index (χ0v) is 16.0. The summed E-state index contributed by atoms with van der Waals surface area (Å²) in [6.45, 7) is 6.83. The molecule has 6 heteroatoms. The Labute approximate surface area is 157 Å². The summed E-state index contributed by atoms with van der Waals surface area (Å²) in [6, 6.07) is 13.8. The molecule has 3 aromatic rings. The summed E-state index contributed by atoms with van der Waals surface area (Å²) in [5.41, 5.74) is 3.94. The first-order chi connectivity index (χ1) is 12.6. The molecular formula is C20H22N4OS. The topological polar surface area (TPSA) is 66.9 Å². The van der Waals surface area contributed by atoms with Crippen LogP contribution in [0.4, 0.5) is 11.5 Å². The molecule has 0 unspecified atom stereocenters. The molecule has 0 aliphatic rings. The van der Waals surface area contributed by atoms with E-state index in [-0.39, 0.29) is 11.7 Å². The van der Waals surface area contributed by atoms with Crippen molar-refractivity contribution in [3.05, 3.63) is 53.6 Å². The fourth-order valence-corrected chi connectivity index (χ4v) is 3.34. The van der Waals surface area contributed by atoms with Gasteiger partial charge in [-0.15, -0.1) is 0 Å². The van der Waals surface area contributed by atoms with E-state index >= 15 is 0 Å². The fraction of sp³-hybridized carbons (Fsp3) is 0.250. The number of thioether (sulfide) groups is 1. The Kier molecular flexibility index (Phi) is 5.73. The van der Waals surface area contributed by atoms with Crippen LogP contribution in [-0.4, -0.2) is 28.2 Å². The molecule has 2 aromatic carbocycles. The Morgan fingerprint density at radius 2 is 1.92 bits per heavy atom. The van der Waals surface area contributed by atoms with Gasteiger partial charge in [0, 0.05) is 17.6 Å². The second kappa shape index (κ2) is 8.19. The zero-order valence-electron chi connectivity index (χ0n) is 15.2. The molecule has 0 spiro atoms. The van der Waals surface area contributed by atoms with E-state index in [9.17, 15) is 4.79 Å². The molecule has 0 radical (unpaired) electrons. The summed E-state index contributed by atoms with van der Waals surface area (Å²) in [7, 11) is 0. The predicted octanol–water partition coefficient (Wildman–Crippen LogP) is 4.41. The van der Waals surface area contributed by atoms with Gasteiger partial charge in [0.15, 0.2) is 5.16 Å². The van der Waals surface area contributed by atoms with E-state index in [1.807, 2.05) is 57.2 Å². The van der Waals surface area contributed by atoms with Gasteiger partial charge < -0.3 is 10.6 Å². The van der Waals surface area contributed by atoms with E-state index < -0.39 is 0 Å². The van der Waals surface area contributed by atoms with Crippen LogP contribution in [0.3, 0.4) is 0 Å². The first kappa shape index (κ1) is 18.2. The van der Waals surface area contributed by atoms with Gasteiger partial charge in [0.25, 0.3) is 0 Å². The van der Waals surface area contributed by atoms with Gasteiger partial charge in [-0.05, 0) is 44.5 Å². The molecule has 0 atom stereocenters. The van der Waals surface area contributed by atoms with Crippen LogP contribution in [0.1, 0.15) is 18.1 Å². The number of fused-ring (bicyclic) bond motifs is 1. The number of anilines is 2. The van der Waals surface area contributed by atoms with Crippen LogP contribution in [0.2, 0.25) is 0 Å². The summed E-state index contributed by atoms with van der Waals surface area (Å²) < 4.78 is 0. The van der Waals surface area contributed by atoms with Crippen LogP contribution in [0.5, 0.6) is 0 Å². The van der Waals surface area contributed by atoms with Crippen molar-refractivity contribution >= 4 is 40.1 Å². The van der Waals surface area contributed by atoms with E-state index in [0.29, 0.717) is 5.16 Å². The summed E-state index contributed by atoms with van der Waals surface area (Å²) in [4.78, 5) is 21.4. The van der Waals surface area contributed by atoms with E-state index in [2.05, 4.69) is 26.7 Å². The quantitative estimate of drug-likeness (QED) is 0.500. The van der Waals surface area contributed by atoms with Crippen LogP contribution in [0.25, 0.3) is 10.9 Å². The molecule has 0 aliphatic carbocycles. The van der Waals surface area contributed by atoms with Crippen molar-refractivity contribution in [3.8, 4) is 0 Å². The molecule has 0 bridgehead atoms. The fourth-order valence-electron chi connectivity index (χ4n) is 2.69. The Balaban J connectivity index is 1.71. The lowest BCUT2D eigenvalue weighted by Gasteiger charge is -2.10. The lowest BCUT2D eigenvalue weighted by molar-refractivity contribution is -0.113. The van der Waals surface area contributed by atoms with Crippen LogP contribution in [-0.2, 0) is 4.79 Å². The monoisotopic (exact) mass is 366 g/mol. The molecule has 0 saturated carbocycles. The Bertz CT molecular complexity index is 942. The third-order valence-corrected chi connectivity index (χ3v) is 4.76. The Morgan fingerprint density at radius 3 is 2.69 bits per heavy atom. The second-order valence-electron chi connectivity index (χ2n) is 6.06. The maximum Gasteiger partial charge on any atom is 0.234 e. The van der Waals surface area contributed by atoms with Gasteiger partial charge >= 0.3 is 0 Å². The highest BCUT2D eigenvalue weighted by Crippen LogP contribution is 2.24. The van der Waals surface area contributed by atoms with Gasteiger partial charge in [0.05, 0.1) is 11.3 Å². The summed E-state index contributed by atoms with van der Waals surface area (Å²) in [5.74, 6) is 0.996. The molecule has 26 heavy (non-hydrogen) atoms. The maximum absolute atomic E-state index is 12.3. The highest BCUT2D eigenvalue weighted by molar-refractivity contribution is 7.99. The molecule has 0 saturated heterocycles. The SMILES string of the molecule is CCNc1nc(SCC(=O)Nc2ccc(C)cc2C)nc2ccccc12. The smallest absolute Gasteiger partial charge is 0.234 e. The molecule has 5 nitrogen and oxygen atoms in total. The van der Waals surface area contributed by atoms with Gasteiger partial charge in [-0.2, -0.15) is 0 Å². The average Bonchev–Trinajstić information content (AvgIpc) is 2.63. The number of amides is 1. The van der Waals surface area contributed by atoms with Crippen LogP contribution in [0.15, 0.2) is 47.6 Å². The molecule has 0 aliphatic heterocycles. The lowest BCUT2D eigenvalue weighted by atomic mass is 10.1. The summed E-state index contributed by atoms with van der Waals surface area (Å²) >= 11 is 1.34. The number of aryl methyl sites for hydroxylation is 2. The first-order valence-corrected chi connectivity index (χ1v) is 9.56. The molecule has 1 aromatic heterocycles. The number of hydrogen-bond donors (Lipinski definition) is 2. The molecular weight excluding hydrogens is 344 g/mol. The van der Waals surface area contributed by atoms with Gasteiger partial charge in [-0.3, -0.25) is 4.79 Å². The zero-order chi connectivity index (χ0) is 18.5. The third-order valence-electron chi connectivity index (χ3n) is 3.92. The van der Waals surface area contributed by atoms with Crippen LogP contribution >= 0.6 is 11.8 Å². The van der Waals surface area contributed by atoms with E-state index in [1.165, 1.54) is 17.3 Å². The normalized spacial score (nSPS) is 10.7. The van der Waals surface area contributed by atoms with Gasteiger partial charge in [-0.25, -0.2) is 9.97 Å². The first-order valence-electron chi connectivity index (χ1n) is 8.57. The second-order valence-corrected chi connectivity index (χ2v) is 7.00. The van der Waals surface area contributed by atoms with Crippen molar-refractivity contribution in [3.63, 3.8) is 0 Å². The van der Waals surface area contributed by atoms with E-state index in [1.54, 1.807) is 0 Å². The van der Waals surface area contributed by atoms with Gasteiger partial charge in [0.1, 0.15) is 5.82 Å². The van der Waals surface area contributed by atoms with E-state index in [0.717, 1.165) is 34.5 Å². The Morgan fingerprint density at radius 1 is 1.12 bits per heavy atom. The largest absolute Gasteiger partial charge is 0.370 e. The summed E-state index contributed by atoms with van der Waals surface area (Å²) in [5, 5.41) is 7.80. The minimum Gasteiger partial charge on any atom is -0.370 e. The molecule has 3 rings (SSSR count). The molecule has 2 N–H and O–H groups in total. The number of hydrogen-bond acceptors (Lipinski definition) is 5. The molecule has 134 valence electrons. The van der Waals surface area contributed by atoms with Crippen molar-refractivity contribution in [1.82, 2.24) is 9.97 Å². The number of nitrogens with zero attached hydrogens (tertiary/aromatic N) is 2. The average molecular weight is 366 g/mol. The van der Waals surface area contributed by atoms with Gasteiger partial charge in [-0.1, -0.05) is 41.6 Å². The highest BCUT2D eigenvalue weighted by Gasteiger charge is 2.10. The Hall–Kier alpha value is -2.60. The van der Waals surface area contributed by atoms with Crippen molar-refractivity contribution in [2.24, 2.45) is 0 Å². The maximum atomic E-state index is 12.3. The number of carbonyl (C=O) groups is 1. The highest BCUT2D eigenvalue weighted by atomic mass is 32.2. The minimum absolute atomic E-state index is 0.0660. The number of benzene rings is 2. The van der Waals surface area contributed by atoms with Crippen molar-refractivity contribution in [2.45, 2.75) is 25.9 Å². The number of para-hydroxylation sites is 1. The number of carbonyl (C=O) groups excluding carboxylic acids is 1. The minimum atomic E-state index is -0.0660. The molecule has 0 fully saturated rings. The third kappa shape index (κ3) is 4.32. The van der Waals surface area contributed by atoms with Crippen molar-refractivity contribution < 1.29 is 4.79 Å². The summed E-state index contributed by atoms with van der Waals surface area (Å²) in [6.07, 6.45) is 0.